The van der Waals surface area contributed by atoms with Crippen molar-refractivity contribution in [3.63, 3.8) is 0 Å². The number of aromatic nitrogens is 1. The summed E-state index contributed by atoms with van der Waals surface area (Å²) < 4.78 is 1.74. The van der Waals surface area contributed by atoms with Crippen molar-refractivity contribution in [3.8, 4) is 11.1 Å². The van der Waals surface area contributed by atoms with Crippen LogP contribution in [0.15, 0.2) is 41.3 Å². The second kappa shape index (κ2) is 5.88. The molecule has 4 nitrogen and oxygen atoms in total. The van der Waals surface area contributed by atoms with Crippen molar-refractivity contribution < 1.29 is 4.79 Å². The van der Waals surface area contributed by atoms with Crippen molar-refractivity contribution in [1.82, 2.24) is 9.47 Å². The monoisotopic (exact) mass is 308 g/mol. The predicted molar refractivity (Wildman–Crippen MR) is 92.6 cm³/mol. The molecular formula is C19H20N2O2. The number of nitrogens with zero attached hydrogens (tertiary/aromatic N) is 2. The van der Waals surface area contributed by atoms with Crippen LogP contribution in [-0.4, -0.2) is 29.5 Å². The van der Waals surface area contributed by atoms with Gasteiger partial charge < -0.3 is 9.47 Å². The molecule has 2 aromatic rings. The van der Waals surface area contributed by atoms with Gasteiger partial charge in [0.15, 0.2) is 0 Å². The molecule has 1 aromatic carbocycles. The number of hydrogen-bond acceptors (Lipinski definition) is 2. The maximum atomic E-state index is 12.4. The summed E-state index contributed by atoms with van der Waals surface area (Å²) in [4.78, 5) is 26.2. The third-order valence-corrected chi connectivity index (χ3v) is 4.19. The molecule has 0 N–H and O–H groups in total. The van der Waals surface area contributed by atoms with Crippen molar-refractivity contribution in [2.75, 3.05) is 14.1 Å². The van der Waals surface area contributed by atoms with Crippen LogP contribution < -0.4 is 5.56 Å². The summed E-state index contributed by atoms with van der Waals surface area (Å²) in [6.07, 6.45) is 6.60. The largest absolute Gasteiger partial charge is 0.345 e. The Morgan fingerprint density at radius 1 is 1.30 bits per heavy atom. The average Bonchev–Trinajstić information content (AvgIpc) is 3.05. The summed E-state index contributed by atoms with van der Waals surface area (Å²) in [7, 11) is 3.49. The number of hydrogen-bond donors (Lipinski definition) is 0. The summed E-state index contributed by atoms with van der Waals surface area (Å²) in [5, 5.41) is 0. The van der Waals surface area contributed by atoms with E-state index < -0.39 is 0 Å². The molecule has 0 spiro atoms. The third-order valence-electron chi connectivity index (χ3n) is 4.19. The second-order valence-corrected chi connectivity index (χ2v) is 5.91. The lowest BCUT2D eigenvalue weighted by Crippen LogP contribution is -2.23. The first-order valence-corrected chi connectivity index (χ1v) is 7.78. The summed E-state index contributed by atoms with van der Waals surface area (Å²) >= 11 is 0. The fourth-order valence-electron chi connectivity index (χ4n) is 2.96. The Labute approximate surface area is 135 Å². The number of allylic oxidation sites excluding steroid dienone is 1. The van der Waals surface area contributed by atoms with Crippen molar-refractivity contribution >= 4 is 12.0 Å². The lowest BCUT2D eigenvalue weighted by Gasteiger charge is -2.14. The van der Waals surface area contributed by atoms with E-state index in [0.29, 0.717) is 18.5 Å². The zero-order valence-corrected chi connectivity index (χ0v) is 13.7. The molecule has 0 unspecified atom stereocenters. The Balaban J connectivity index is 2.18. The Kier molecular flexibility index (Phi) is 3.90. The van der Waals surface area contributed by atoms with Crippen LogP contribution in [0.1, 0.15) is 28.4 Å². The maximum Gasteiger partial charge on any atom is 0.254 e. The van der Waals surface area contributed by atoms with Crippen molar-refractivity contribution in [2.24, 2.45) is 0 Å². The lowest BCUT2D eigenvalue weighted by atomic mass is 9.97. The SMILES string of the molecule is CCn1cc(-c2cccc(C(=O)N(C)C)c2)c2c(c1=O)CC=C2. The standard InChI is InChI=1S/C19H20N2O2/c1-4-21-12-17(15-9-6-10-16(15)19(21)23)13-7-5-8-14(11-13)18(22)20(2)3/h5-9,11-12H,4,10H2,1-3H3. The van der Waals surface area contributed by atoms with Crippen LogP contribution in [-0.2, 0) is 13.0 Å². The maximum absolute atomic E-state index is 12.4. The molecule has 118 valence electrons. The van der Waals surface area contributed by atoms with E-state index in [1.165, 1.54) is 0 Å². The van der Waals surface area contributed by atoms with E-state index in [2.05, 4.69) is 0 Å². The number of rotatable bonds is 3. The Bertz CT molecular complexity index is 860. The highest BCUT2D eigenvalue weighted by Crippen LogP contribution is 2.30. The van der Waals surface area contributed by atoms with Crippen LogP contribution in [0.25, 0.3) is 17.2 Å². The van der Waals surface area contributed by atoms with Crippen LogP contribution in [0.5, 0.6) is 0 Å². The van der Waals surface area contributed by atoms with Crippen molar-refractivity contribution in [3.05, 3.63) is 63.6 Å². The smallest absolute Gasteiger partial charge is 0.254 e. The predicted octanol–water partition coefficient (Wildman–Crippen LogP) is 2.81. The van der Waals surface area contributed by atoms with Gasteiger partial charge in [0.05, 0.1) is 0 Å². The first-order chi connectivity index (χ1) is 11.0. The number of aryl methyl sites for hydroxylation is 1. The van der Waals surface area contributed by atoms with E-state index in [-0.39, 0.29) is 11.5 Å². The molecule has 0 radical (unpaired) electrons. The number of amides is 1. The topological polar surface area (TPSA) is 42.3 Å². The third kappa shape index (κ3) is 2.61. The van der Waals surface area contributed by atoms with Gasteiger partial charge in [-0.15, -0.1) is 0 Å². The fourth-order valence-corrected chi connectivity index (χ4v) is 2.96. The molecule has 0 fully saturated rings. The second-order valence-electron chi connectivity index (χ2n) is 5.91. The molecule has 0 bridgehead atoms. The van der Waals surface area contributed by atoms with Gasteiger partial charge in [-0.1, -0.05) is 24.3 Å². The molecule has 1 heterocycles. The molecule has 4 heteroatoms. The van der Waals surface area contributed by atoms with E-state index in [1.54, 1.807) is 23.6 Å². The zero-order chi connectivity index (χ0) is 16.6. The van der Waals surface area contributed by atoms with Gasteiger partial charge in [0.2, 0.25) is 0 Å². The summed E-state index contributed by atoms with van der Waals surface area (Å²) in [5.41, 5.74) is 4.52. The van der Waals surface area contributed by atoms with Gasteiger partial charge in [-0.25, -0.2) is 0 Å². The van der Waals surface area contributed by atoms with E-state index >= 15 is 0 Å². The Morgan fingerprint density at radius 2 is 2.09 bits per heavy atom. The highest BCUT2D eigenvalue weighted by molar-refractivity contribution is 5.95. The summed E-state index contributed by atoms with van der Waals surface area (Å²) in [5.74, 6) is -0.0251. The molecule has 3 rings (SSSR count). The average molecular weight is 308 g/mol. The normalized spacial score (nSPS) is 12.3. The van der Waals surface area contributed by atoms with Gasteiger partial charge in [-0.3, -0.25) is 9.59 Å². The lowest BCUT2D eigenvalue weighted by molar-refractivity contribution is 0.0827. The van der Waals surface area contributed by atoms with Crippen molar-refractivity contribution in [2.45, 2.75) is 19.9 Å². The van der Waals surface area contributed by atoms with E-state index in [0.717, 1.165) is 22.3 Å². The number of carbonyl (C=O) groups excluding carboxylic acids is 1. The molecule has 0 saturated heterocycles. The van der Waals surface area contributed by atoms with Gasteiger partial charge in [-0.05, 0) is 36.6 Å². The Morgan fingerprint density at radius 3 is 2.78 bits per heavy atom. The van der Waals surface area contributed by atoms with Crippen LogP contribution in [0, 0.1) is 0 Å². The summed E-state index contributed by atoms with van der Waals surface area (Å²) in [6.45, 7) is 2.60. The minimum atomic E-state index is -0.0251. The Hall–Kier alpha value is -2.62. The van der Waals surface area contributed by atoms with Gasteiger partial charge >= 0.3 is 0 Å². The van der Waals surface area contributed by atoms with Gasteiger partial charge in [0.25, 0.3) is 11.5 Å². The molecule has 0 saturated carbocycles. The van der Waals surface area contributed by atoms with E-state index in [9.17, 15) is 9.59 Å². The first-order valence-electron chi connectivity index (χ1n) is 7.78. The fraction of sp³-hybridized carbons (Fsp3) is 0.263. The molecule has 0 atom stereocenters. The number of pyridine rings is 1. The van der Waals surface area contributed by atoms with Crippen LogP contribution in [0.2, 0.25) is 0 Å². The highest BCUT2D eigenvalue weighted by atomic mass is 16.2. The molecule has 1 aliphatic carbocycles. The van der Waals surface area contributed by atoms with E-state index in [1.807, 2.05) is 49.5 Å². The minimum Gasteiger partial charge on any atom is -0.345 e. The van der Waals surface area contributed by atoms with Crippen LogP contribution in [0.3, 0.4) is 0 Å². The number of benzene rings is 1. The van der Waals surface area contributed by atoms with Gasteiger partial charge in [0.1, 0.15) is 0 Å². The molecule has 1 aliphatic rings. The zero-order valence-electron chi connectivity index (χ0n) is 13.7. The number of carbonyl (C=O) groups is 1. The van der Waals surface area contributed by atoms with Gasteiger partial charge in [0, 0.05) is 43.5 Å². The molecule has 1 aromatic heterocycles. The molecular weight excluding hydrogens is 288 g/mol. The highest BCUT2D eigenvalue weighted by Gasteiger charge is 2.18. The number of fused-ring (bicyclic) bond motifs is 1. The van der Waals surface area contributed by atoms with Crippen LogP contribution >= 0.6 is 0 Å². The summed E-state index contributed by atoms with van der Waals surface area (Å²) in [6, 6.07) is 7.59. The van der Waals surface area contributed by atoms with Crippen molar-refractivity contribution in [1.29, 1.82) is 0 Å². The van der Waals surface area contributed by atoms with Crippen LogP contribution in [0.4, 0.5) is 0 Å². The quantitative estimate of drug-likeness (QED) is 0.875. The minimum absolute atomic E-state index is 0.0251. The molecule has 23 heavy (non-hydrogen) atoms. The first kappa shape index (κ1) is 15.3. The van der Waals surface area contributed by atoms with E-state index in [4.69, 9.17) is 0 Å². The molecule has 0 aliphatic heterocycles. The molecule has 1 amide bonds. The van der Waals surface area contributed by atoms with Gasteiger partial charge in [-0.2, -0.15) is 0 Å².